The van der Waals surface area contributed by atoms with Crippen molar-refractivity contribution in [2.24, 2.45) is 34.5 Å². The summed E-state index contributed by atoms with van der Waals surface area (Å²) in [6, 6.07) is 17.9. The molecule has 102 heavy (non-hydrogen) atoms. The van der Waals surface area contributed by atoms with Crippen LogP contribution in [-0.2, 0) is 66.5 Å². The largest absolute Gasteiger partial charge is 0.482 e. The van der Waals surface area contributed by atoms with Crippen molar-refractivity contribution >= 4 is 57.4 Å². The fraction of sp³-hybridized carbons (Fsp3) is 0.583. The van der Waals surface area contributed by atoms with E-state index in [1.54, 1.807) is 24.3 Å². The number of benzene rings is 3. The van der Waals surface area contributed by atoms with Crippen molar-refractivity contribution in [3.8, 4) is 0 Å². The lowest BCUT2D eigenvalue weighted by Crippen LogP contribution is -2.65. The van der Waals surface area contributed by atoms with E-state index in [0.717, 1.165) is 56.1 Å². The van der Waals surface area contributed by atoms with Crippen LogP contribution in [0.1, 0.15) is 142 Å². The molecule has 3 aromatic rings. The minimum Gasteiger partial charge on any atom is -0.476 e. The number of piperidine rings is 2. The maximum Gasteiger partial charge on any atom is 0.482 e. The summed E-state index contributed by atoms with van der Waals surface area (Å²) in [5, 5.41) is 34.7. The monoisotopic (exact) mass is 1430 g/mol. The number of aliphatic carboxylic acids is 1. The molecule has 5 amide bonds. The first-order valence-electron chi connectivity index (χ1n) is 35.2. The molecular weight excluding hydrogens is 1340 g/mol. The second-order valence-electron chi connectivity index (χ2n) is 29.9. The van der Waals surface area contributed by atoms with E-state index in [9.17, 15) is 65.2 Å². The summed E-state index contributed by atoms with van der Waals surface area (Å²) in [4.78, 5) is 73.2. The van der Waals surface area contributed by atoms with E-state index in [2.05, 4.69) is 77.2 Å². The number of nitrogens with one attached hydrogen (secondary N) is 3. The number of carboxylic acid groups (broad SMARTS) is 1. The van der Waals surface area contributed by atoms with Gasteiger partial charge in [-0.1, -0.05) is 90.3 Å². The Balaban J connectivity index is 0.000000173. The van der Waals surface area contributed by atoms with Gasteiger partial charge in [-0.15, -0.1) is 0 Å². The Morgan fingerprint density at radius 3 is 1.22 bits per heavy atom. The quantitative estimate of drug-likeness (QED) is 0.0299. The van der Waals surface area contributed by atoms with Crippen molar-refractivity contribution in [1.29, 1.82) is 0 Å². The number of rotatable bonds is 18. The third kappa shape index (κ3) is 19.3. The zero-order valence-electron chi connectivity index (χ0n) is 58.7. The van der Waals surface area contributed by atoms with Crippen LogP contribution < -0.4 is 16.0 Å². The van der Waals surface area contributed by atoms with Gasteiger partial charge in [0.2, 0.25) is 5.83 Å². The topological polar surface area (TPSA) is 270 Å². The molecule has 13 atom stereocenters. The van der Waals surface area contributed by atoms with Crippen LogP contribution in [0.25, 0.3) is 0 Å². The molecular formula is C72H94B3F6N5O16. The zero-order valence-corrected chi connectivity index (χ0v) is 58.7. The highest BCUT2D eigenvalue weighted by Gasteiger charge is 2.70. The fourth-order valence-electron chi connectivity index (χ4n) is 16.4. The average molecular weight is 1430 g/mol. The molecule has 11 aliphatic rings. The van der Waals surface area contributed by atoms with Gasteiger partial charge in [-0.05, 0) is 198 Å². The lowest BCUT2D eigenvalue weighted by Gasteiger charge is -2.64. The number of ether oxygens (including phenoxy) is 3. The molecule has 14 rings (SSSR count). The molecule has 4 bridgehead atoms. The van der Waals surface area contributed by atoms with E-state index in [1.807, 2.05) is 0 Å². The van der Waals surface area contributed by atoms with Crippen LogP contribution in [-0.4, -0.2) is 168 Å². The van der Waals surface area contributed by atoms with Crippen LogP contribution >= 0.6 is 0 Å². The number of likely N-dealkylation sites (tertiary alicyclic amines) is 2. The molecule has 6 N–H and O–H groups in total. The Morgan fingerprint density at radius 1 is 0.529 bits per heavy atom. The Morgan fingerprint density at radius 2 is 0.873 bits per heavy atom. The molecule has 0 spiro atoms. The molecule has 0 unspecified atom stereocenters. The smallest absolute Gasteiger partial charge is 0.476 e. The van der Waals surface area contributed by atoms with Crippen molar-refractivity contribution in [3.05, 3.63) is 144 Å². The third-order valence-electron chi connectivity index (χ3n) is 22.4. The molecule has 3 aromatic carbocycles. The second-order valence-corrected chi connectivity index (χ2v) is 29.9. The summed E-state index contributed by atoms with van der Waals surface area (Å²) < 4.78 is 120. The van der Waals surface area contributed by atoms with Gasteiger partial charge in [0, 0.05) is 13.1 Å². The van der Waals surface area contributed by atoms with Crippen molar-refractivity contribution in [2.45, 2.75) is 204 Å². The van der Waals surface area contributed by atoms with Gasteiger partial charge >= 0.3 is 45.6 Å². The first kappa shape index (κ1) is 78.8. The lowest BCUT2D eigenvalue weighted by molar-refractivity contribution is -0.199. The molecule has 0 aromatic heterocycles. The summed E-state index contributed by atoms with van der Waals surface area (Å²) in [5.74, 6) is -7.70. The van der Waals surface area contributed by atoms with Gasteiger partial charge in [-0.2, -0.15) is 4.39 Å². The zero-order chi connectivity index (χ0) is 74.2. The summed E-state index contributed by atoms with van der Waals surface area (Å²) in [6.45, 7) is 22.9. The van der Waals surface area contributed by atoms with E-state index in [4.69, 9.17) is 37.9 Å². The fourth-order valence-corrected chi connectivity index (χ4v) is 16.4. The molecule has 554 valence electrons. The maximum absolute atomic E-state index is 13.5. The molecule has 11 fully saturated rings. The van der Waals surface area contributed by atoms with E-state index in [-0.39, 0.29) is 65.9 Å². The molecule has 30 heteroatoms. The van der Waals surface area contributed by atoms with Gasteiger partial charge in [0.15, 0.2) is 11.7 Å². The molecule has 4 heterocycles. The third-order valence-corrected chi connectivity index (χ3v) is 22.4. The number of alkyl carbamates (subject to hydrolysis) is 3. The molecule has 4 saturated heterocycles. The lowest BCUT2D eigenvalue weighted by atomic mass is 9.43. The minimum atomic E-state index is -1.86. The summed E-state index contributed by atoms with van der Waals surface area (Å²) >= 11 is 0. The first-order chi connectivity index (χ1) is 48.1. The SMILES string of the molecule is C=C(F)C(=O)N1CCC[C@H](OC(=O)N[C@@H](Cc2ccc(F)cc2)B(O)O)C1.C=C(F)C(=O)N1CCC[C@H](OC(=O)N[C@@H](Cc2ccc(F)cc2)B2O[C@@H]3C[C@@H]4C[C@@H](C4(C)C)[C@]3(C)O2)C1.C=C(F)C(=O)O.CC1(C)[C@@H]2C[C@H]3OB([C@H](Cc4ccc(F)cc4)NC(=O)OC4CCCCC4)O[C@@]3(C)[C@H]1C2. The van der Waals surface area contributed by atoms with E-state index < -0.39 is 116 Å². The van der Waals surface area contributed by atoms with Crippen LogP contribution in [0.3, 0.4) is 0 Å². The Hall–Kier alpha value is -7.37. The predicted octanol–water partition coefficient (Wildman–Crippen LogP) is 10.8. The molecule has 21 nitrogen and oxygen atoms in total. The van der Waals surface area contributed by atoms with Gasteiger partial charge in [0.25, 0.3) is 11.8 Å². The highest BCUT2D eigenvalue weighted by molar-refractivity contribution is 6.48. The van der Waals surface area contributed by atoms with Crippen molar-refractivity contribution < 1.29 is 103 Å². The minimum absolute atomic E-state index is 0.0197. The summed E-state index contributed by atoms with van der Waals surface area (Å²) in [5.41, 5.74) is 1.96. The summed E-state index contributed by atoms with van der Waals surface area (Å²) in [7, 11) is -3.10. The Labute approximate surface area is 592 Å². The van der Waals surface area contributed by atoms with E-state index in [1.165, 1.54) is 71.2 Å². The van der Waals surface area contributed by atoms with Gasteiger partial charge in [-0.3, -0.25) is 9.59 Å². The number of hydrogen-bond acceptors (Lipinski definition) is 15. The number of carbonyl (C=O) groups is 6. The van der Waals surface area contributed by atoms with Crippen LogP contribution in [0.5, 0.6) is 0 Å². The van der Waals surface area contributed by atoms with Crippen LogP contribution in [0.15, 0.2) is 110 Å². The number of halogens is 6. The van der Waals surface area contributed by atoms with Crippen molar-refractivity contribution in [3.63, 3.8) is 0 Å². The van der Waals surface area contributed by atoms with Crippen LogP contribution in [0.2, 0.25) is 0 Å². The van der Waals surface area contributed by atoms with Gasteiger partial charge < -0.3 is 73.7 Å². The predicted molar refractivity (Wildman–Crippen MR) is 365 cm³/mol. The average Bonchev–Trinajstić information content (AvgIpc) is 1.41. The molecule has 4 aliphatic heterocycles. The number of hydrogen-bond donors (Lipinski definition) is 6. The number of carbonyl (C=O) groups excluding carboxylic acids is 5. The summed E-state index contributed by atoms with van der Waals surface area (Å²) in [6.07, 6.45) is 9.26. The highest BCUT2D eigenvalue weighted by atomic mass is 19.1. The van der Waals surface area contributed by atoms with Crippen molar-refractivity contribution in [1.82, 2.24) is 25.8 Å². The normalized spacial score (nSPS) is 27.8. The van der Waals surface area contributed by atoms with Gasteiger partial charge in [-0.25, -0.2) is 41.1 Å². The number of nitrogens with zero attached hydrogens (tertiary/aromatic N) is 2. The Bertz CT molecular complexity index is 3480. The molecule has 7 saturated carbocycles. The van der Waals surface area contributed by atoms with Crippen molar-refractivity contribution in [2.75, 3.05) is 26.2 Å². The maximum atomic E-state index is 13.5. The van der Waals surface area contributed by atoms with Gasteiger partial charge in [0.1, 0.15) is 35.8 Å². The number of amides is 5. The second kappa shape index (κ2) is 33.6. The van der Waals surface area contributed by atoms with Crippen LogP contribution in [0, 0.1) is 52.0 Å². The molecule has 0 radical (unpaired) electrons. The highest BCUT2D eigenvalue weighted by Crippen LogP contribution is 2.67. The van der Waals surface area contributed by atoms with Crippen LogP contribution in [0.4, 0.5) is 40.7 Å². The molecule has 7 aliphatic carbocycles. The van der Waals surface area contributed by atoms with E-state index in [0.29, 0.717) is 80.8 Å². The standard InChI is InChI=1S/C27H35BF2N2O5.C25H35BFNO4.C17H21BF2N2O5.C3H3FO2/c1-16(29)24(33)32-11-5-6-20(15-32)35-25(34)31-23(12-17-7-9-19(30)10-8-17)28-36-22-14-18-13-21(26(18,2)3)27(22,4)37-28;1-24(2)17-14-20(24)25(3)21(15-17)31-26(32-25)22(13-16-9-11-18(27)12-10-16)28-23(29)30-19-7-5-4-6-8-19;1-11(19)16(23)22-8-2-3-14(10-22)27-17(24)21-15(18(25)26)9-12-4-6-13(20)7-5-12;1-2(4)3(5)6/h7-10,18,20-23H,1,5-6,11-15H2,2-4H3,(H,31,34);9-12,17,19-22H,4-8,13-15H2,1-3H3,(H,28,29);4-7,14-15,25-26H,1-3,8-10H2,(H,21,24);1H2,(H,5,6)/t18-,20-,21-,22+,23-,27-;17-,20-,21+,22-,25-;14-,15-;/m000./s1. The Kier molecular flexibility index (Phi) is 25.9. The van der Waals surface area contributed by atoms with E-state index >= 15 is 0 Å². The van der Waals surface area contributed by atoms with Gasteiger partial charge in [0.05, 0.1) is 54.3 Å². The number of carboxylic acids is 1. The first-order valence-corrected chi connectivity index (χ1v) is 35.2.